The number of carbonyl (C=O) groups is 1. The Morgan fingerprint density at radius 2 is 1.73 bits per heavy atom. The number of carbonyl (C=O) groups excluding carboxylic acids is 1. The lowest BCUT2D eigenvalue weighted by Crippen LogP contribution is -2.32. The summed E-state index contributed by atoms with van der Waals surface area (Å²) in [5, 5.41) is 0. The maximum absolute atomic E-state index is 12.5. The van der Waals surface area contributed by atoms with Gasteiger partial charge in [-0.1, -0.05) is 55.5 Å². The van der Waals surface area contributed by atoms with Crippen molar-refractivity contribution in [2.45, 2.75) is 31.7 Å². The van der Waals surface area contributed by atoms with Crippen molar-refractivity contribution < 1.29 is 4.79 Å². The Morgan fingerprint density at radius 3 is 2.41 bits per heavy atom. The van der Waals surface area contributed by atoms with Crippen LogP contribution in [-0.2, 0) is 11.3 Å². The van der Waals surface area contributed by atoms with E-state index in [1.54, 1.807) is 11.8 Å². The Balaban J connectivity index is 1.96. The number of benzene rings is 2. The predicted molar refractivity (Wildman–Crippen MR) is 94.1 cm³/mol. The Labute approximate surface area is 137 Å². The third-order valence-electron chi connectivity index (χ3n) is 3.51. The fraction of sp³-hybridized carbons (Fsp3) is 0.316. The first-order valence-corrected chi connectivity index (χ1v) is 8.69. The van der Waals surface area contributed by atoms with Crippen LogP contribution in [0.4, 0.5) is 0 Å². The van der Waals surface area contributed by atoms with E-state index in [0.717, 1.165) is 13.0 Å². The van der Waals surface area contributed by atoms with Gasteiger partial charge in [-0.2, -0.15) is 0 Å². The summed E-state index contributed by atoms with van der Waals surface area (Å²) in [6.07, 6.45) is 0.980. The van der Waals surface area contributed by atoms with Crippen LogP contribution in [0.3, 0.4) is 0 Å². The van der Waals surface area contributed by atoms with Crippen molar-refractivity contribution in [1.82, 2.24) is 4.90 Å². The van der Waals surface area contributed by atoms with Gasteiger partial charge in [-0.05, 0) is 30.5 Å². The average molecular weight is 313 g/mol. The number of hydrogen-bond donors (Lipinski definition) is 0. The van der Waals surface area contributed by atoms with E-state index in [9.17, 15) is 4.79 Å². The Morgan fingerprint density at radius 1 is 1.05 bits per heavy atom. The second-order valence-electron chi connectivity index (χ2n) is 5.36. The zero-order chi connectivity index (χ0) is 15.8. The fourth-order valence-corrected chi connectivity index (χ4v) is 3.25. The summed E-state index contributed by atoms with van der Waals surface area (Å²) in [4.78, 5) is 15.7. The van der Waals surface area contributed by atoms with E-state index in [0.29, 0.717) is 12.3 Å². The molecular formula is C19H23NOS. The van der Waals surface area contributed by atoms with Crippen LogP contribution in [0.1, 0.15) is 24.5 Å². The maximum Gasteiger partial charge on any atom is 0.233 e. The van der Waals surface area contributed by atoms with E-state index in [4.69, 9.17) is 0 Å². The van der Waals surface area contributed by atoms with Crippen LogP contribution >= 0.6 is 11.8 Å². The minimum Gasteiger partial charge on any atom is -0.338 e. The highest BCUT2D eigenvalue weighted by Crippen LogP contribution is 2.22. The van der Waals surface area contributed by atoms with E-state index in [1.165, 1.54) is 16.0 Å². The first-order valence-electron chi connectivity index (χ1n) is 7.71. The monoisotopic (exact) mass is 313 g/mol. The molecule has 0 heterocycles. The summed E-state index contributed by atoms with van der Waals surface area (Å²) < 4.78 is 0. The van der Waals surface area contributed by atoms with Gasteiger partial charge in [-0.3, -0.25) is 4.79 Å². The van der Waals surface area contributed by atoms with Crippen molar-refractivity contribution in [2.75, 3.05) is 12.3 Å². The van der Waals surface area contributed by atoms with Crippen LogP contribution in [-0.4, -0.2) is 23.1 Å². The lowest BCUT2D eigenvalue weighted by Gasteiger charge is -2.22. The lowest BCUT2D eigenvalue weighted by atomic mass is 10.2. The van der Waals surface area contributed by atoms with Gasteiger partial charge in [0.2, 0.25) is 5.91 Å². The zero-order valence-electron chi connectivity index (χ0n) is 13.3. The van der Waals surface area contributed by atoms with E-state index < -0.39 is 0 Å². The molecule has 0 aliphatic rings. The molecule has 1 amide bonds. The van der Waals surface area contributed by atoms with Gasteiger partial charge in [-0.25, -0.2) is 0 Å². The molecule has 0 N–H and O–H groups in total. The van der Waals surface area contributed by atoms with E-state index in [1.807, 2.05) is 35.2 Å². The van der Waals surface area contributed by atoms with Crippen LogP contribution in [0.5, 0.6) is 0 Å². The first-order chi connectivity index (χ1) is 10.7. The van der Waals surface area contributed by atoms with E-state index >= 15 is 0 Å². The van der Waals surface area contributed by atoms with Crippen LogP contribution in [0, 0.1) is 6.92 Å². The van der Waals surface area contributed by atoms with Gasteiger partial charge in [0.05, 0.1) is 5.75 Å². The summed E-state index contributed by atoms with van der Waals surface area (Å²) in [5.74, 6) is 0.705. The van der Waals surface area contributed by atoms with E-state index in [2.05, 4.69) is 38.1 Å². The normalized spacial score (nSPS) is 10.5. The summed E-state index contributed by atoms with van der Waals surface area (Å²) in [6, 6.07) is 18.4. The Kier molecular flexibility index (Phi) is 6.53. The second-order valence-corrected chi connectivity index (χ2v) is 6.37. The smallest absolute Gasteiger partial charge is 0.233 e. The minimum absolute atomic E-state index is 0.207. The number of nitrogens with zero attached hydrogens (tertiary/aromatic N) is 1. The summed E-state index contributed by atoms with van der Waals surface area (Å²) >= 11 is 1.63. The van der Waals surface area contributed by atoms with Gasteiger partial charge < -0.3 is 4.90 Å². The topological polar surface area (TPSA) is 20.3 Å². The average Bonchev–Trinajstić information content (AvgIpc) is 2.54. The van der Waals surface area contributed by atoms with Crippen LogP contribution < -0.4 is 0 Å². The van der Waals surface area contributed by atoms with Crippen LogP contribution in [0.15, 0.2) is 59.5 Å². The van der Waals surface area contributed by atoms with Gasteiger partial charge >= 0.3 is 0 Å². The van der Waals surface area contributed by atoms with Crippen molar-refractivity contribution in [2.24, 2.45) is 0 Å². The Hall–Kier alpha value is -1.74. The standard InChI is InChI=1S/C19H23NOS/c1-3-13-20(14-17-10-5-4-6-11-17)19(21)15-22-18-12-8-7-9-16(18)2/h4-12H,3,13-15H2,1-2H3. The van der Waals surface area contributed by atoms with Gasteiger partial charge in [0, 0.05) is 18.0 Å². The van der Waals surface area contributed by atoms with Gasteiger partial charge in [0.25, 0.3) is 0 Å². The lowest BCUT2D eigenvalue weighted by molar-refractivity contribution is -0.129. The molecule has 0 saturated carbocycles. The molecule has 2 aromatic rings. The molecule has 2 nitrogen and oxygen atoms in total. The molecule has 0 radical (unpaired) electrons. The highest BCUT2D eigenvalue weighted by atomic mass is 32.2. The highest BCUT2D eigenvalue weighted by Gasteiger charge is 2.14. The third-order valence-corrected chi connectivity index (χ3v) is 4.67. The summed E-state index contributed by atoms with van der Waals surface area (Å²) in [6.45, 7) is 5.70. The molecule has 0 aliphatic carbocycles. The van der Waals surface area contributed by atoms with Crippen molar-refractivity contribution in [1.29, 1.82) is 0 Å². The molecular weight excluding hydrogens is 290 g/mol. The maximum atomic E-state index is 12.5. The van der Waals surface area contributed by atoms with Crippen molar-refractivity contribution in [3.8, 4) is 0 Å². The molecule has 2 aromatic carbocycles. The van der Waals surface area contributed by atoms with Crippen molar-refractivity contribution in [3.05, 3.63) is 65.7 Å². The van der Waals surface area contributed by atoms with Crippen LogP contribution in [0.2, 0.25) is 0 Å². The molecule has 0 spiro atoms. The molecule has 0 aromatic heterocycles. The molecule has 116 valence electrons. The van der Waals surface area contributed by atoms with Crippen molar-refractivity contribution >= 4 is 17.7 Å². The number of thioether (sulfide) groups is 1. The third kappa shape index (κ3) is 4.92. The number of amides is 1. The van der Waals surface area contributed by atoms with Gasteiger partial charge in [-0.15, -0.1) is 11.8 Å². The minimum atomic E-state index is 0.207. The number of aryl methyl sites for hydroxylation is 1. The first kappa shape index (κ1) is 16.6. The largest absolute Gasteiger partial charge is 0.338 e. The Bertz CT molecular complexity index is 597. The summed E-state index contributed by atoms with van der Waals surface area (Å²) in [7, 11) is 0. The fourth-order valence-electron chi connectivity index (χ4n) is 2.31. The molecule has 0 unspecified atom stereocenters. The molecule has 0 aliphatic heterocycles. The number of hydrogen-bond acceptors (Lipinski definition) is 2. The van der Waals surface area contributed by atoms with Gasteiger partial charge in [0.1, 0.15) is 0 Å². The molecule has 0 saturated heterocycles. The second kappa shape index (κ2) is 8.64. The molecule has 3 heteroatoms. The number of rotatable bonds is 7. The molecule has 0 bridgehead atoms. The van der Waals surface area contributed by atoms with Crippen molar-refractivity contribution in [3.63, 3.8) is 0 Å². The zero-order valence-corrected chi connectivity index (χ0v) is 14.1. The summed E-state index contributed by atoms with van der Waals surface area (Å²) in [5.41, 5.74) is 2.41. The van der Waals surface area contributed by atoms with E-state index in [-0.39, 0.29) is 5.91 Å². The van der Waals surface area contributed by atoms with Gasteiger partial charge in [0.15, 0.2) is 0 Å². The quantitative estimate of drug-likeness (QED) is 0.700. The molecule has 0 fully saturated rings. The molecule has 22 heavy (non-hydrogen) atoms. The predicted octanol–water partition coefficient (Wildman–Crippen LogP) is 4.53. The SMILES string of the molecule is CCCN(Cc1ccccc1)C(=O)CSc1ccccc1C. The molecule has 0 atom stereocenters. The highest BCUT2D eigenvalue weighted by molar-refractivity contribution is 8.00. The van der Waals surface area contributed by atoms with Crippen LogP contribution in [0.25, 0.3) is 0 Å². The molecule has 2 rings (SSSR count).